The van der Waals surface area contributed by atoms with Crippen LogP contribution in [0.5, 0.6) is 0 Å². The average molecular weight is 231 g/mol. The lowest BCUT2D eigenvalue weighted by Crippen LogP contribution is -2.28. The third kappa shape index (κ3) is 1.48. The number of fused-ring (bicyclic) bond motifs is 4. The zero-order valence-corrected chi connectivity index (χ0v) is 11.4. The van der Waals surface area contributed by atoms with Crippen LogP contribution in [0.1, 0.15) is 52.4 Å². The van der Waals surface area contributed by atoms with Crippen LogP contribution in [-0.4, -0.2) is 0 Å². The van der Waals surface area contributed by atoms with Gasteiger partial charge in [-0.3, -0.25) is 0 Å². The van der Waals surface area contributed by atoms with Crippen LogP contribution < -0.4 is 0 Å². The lowest BCUT2D eigenvalue weighted by Gasteiger charge is -2.35. The minimum Gasteiger partial charge on any atom is -0.0620 e. The van der Waals surface area contributed by atoms with Crippen molar-refractivity contribution in [3.63, 3.8) is 0 Å². The first-order valence-corrected chi connectivity index (χ1v) is 8.09. The first-order chi connectivity index (χ1) is 8.24. The zero-order valence-electron chi connectivity index (χ0n) is 11.4. The van der Waals surface area contributed by atoms with E-state index in [1.165, 1.54) is 0 Å². The maximum atomic E-state index is 2.88. The van der Waals surface area contributed by atoms with E-state index in [0.29, 0.717) is 0 Å². The number of rotatable bonds is 2. The third-order valence-electron chi connectivity index (χ3n) is 7.26. The highest BCUT2D eigenvalue weighted by Crippen LogP contribution is 2.59. The summed E-state index contributed by atoms with van der Waals surface area (Å²) in [6.07, 6.45) is 12.2. The summed E-state index contributed by atoms with van der Waals surface area (Å²) >= 11 is 0. The van der Waals surface area contributed by atoms with Crippen LogP contribution in [0.2, 0.25) is 0 Å². The van der Waals surface area contributed by atoms with E-state index in [2.05, 4.69) is 20.3 Å². The SMILES string of the molecule is CC1C2CCC(C2)C1[CH]C1C2CCC(C2)C1C. The smallest absolute Gasteiger partial charge is 0.0313 e. The molecule has 0 heterocycles. The molecule has 95 valence electrons. The molecular formula is C17H27. The summed E-state index contributed by atoms with van der Waals surface area (Å²) in [5.41, 5.74) is 0. The van der Waals surface area contributed by atoms with Gasteiger partial charge in [-0.1, -0.05) is 13.8 Å². The highest BCUT2D eigenvalue weighted by Gasteiger charge is 2.50. The van der Waals surface area contributed by atoms with E-state index in [4.69, 9.17) is 0 Å². The predicted octanol–water partition coefficient (Wildman–Crippen LogP) is 4.56. The second-order valence-corrected chi connectivity index (χ2v) is 7.73. The lowest BCUT2D eigenvalue weighted by atomic mass is 9.70. The van der Waals surface area contributed by atoms with Crippen molar-refractivity contribution in [1.29, 1.82) is 0 Å². The molecule has 0 aromatic heterocycles. The van der Waals surface area contributed by atoms with Gasteiger partial charge in [0.25, 0.3) is 0 Å². The van der Waals surface area contributed by atoms with Gasteiger partial charge in [-0.2, -0.15) is 0 Å². The Hall–Kier alpha value is 0. The molecule has 0 spiro atoms. The third-order valence-corrected chi connectivity index (χ3v) is 7.26. The molecule has 4 bridgehead atoms. The van der Waals surface area contributed by atoms with Gasteiger partial charge in [0.15, 0.2) is 0 Å². The van der Waals surface area contributed by atoms with Crippen LogP contribution in [0.15, 0.2) is 0 Å². The second-order valence-electron chi connectivity index (χ2n) is 7.73. The summed E-state index contributed by atoms with van der Waals surface area (Å²) in [7, 11) is 0. The molecule has 17 heavy (non-hydrogen) atoms. The maximum Gasteiger partial charge on any atom is -0.0313 e. The Morgan fingerprint density at radius 1 is 0.647 bits per heavy atom. The fraction of sp³-hybridized carbons (Fsp3) is 0.941. The molecule has 8 atom stereocenters. The van der Waals surface area contributed by atoms with Gasteiger partial charge < -0.3 is 0 Å². The summed E-state index contributed by atoms with van der Waals surface area (Å²) in [5, 5.41) is 0. The molecule has 4 aliphatic rings. The first-order valence-electron chi connectivity index (χ1n) is 8.09. The second kappa shape index (κ2) is 3.75. The Balaban J connectivity index is 1.47. The van der Waals surface area contributed by atoms with E-state index in [1.807, 2.05) is 0 Å². The van der Waals surface area contributed by atoms with E-state index >= 15 is 0 Å². The van der Waals surface area contributed by atoms with Gasteiger partial charge in [0.2, 0.25) is 0 Å². The highest BCUT2D eigenvalue weighted by molar-refractivity contribution is 5.07. The van der Waals surface area contributed by atoms with Crippen molar-refractivity contribution in [3.8, 4) is 0 Å². The summed E-state index contributed by atoms with van der Waals surface area (Å²) in [6, 6.07) is 0. The van der Waals surface area contributed by atoms with E-state index < -0.39 is 0 Å². The Morgan fingerprint density at radius 3 is 1.41 bits per heavy atom. The molecule has 4 aliphatic carbocycles. The summed E-state index contributed by atoms with van der Waals surface area (Å²) in [4.78, 5) is 0. The van der Waals surface area contributed by atoms with E-state index in [-0.39, 0.29) is 0 Å². The number of hydrogen-bond acceptors (Lipinski definition) is 0. The first kappa shape index (κ1) is 10.9. The molecule has 1 radical (unpaired) electrons. The quantitative estimate of drug-likeness (QED) is 0.654. The van der Waals surface area contributed by atoms with Crippen molar-refractivity contribution in [2.75, 3.05) is 0 Å². The lowest BCUT2D eigenvalue weighted by molar-refractivity contribution is 0.200. The molecule has 0 nitrogen and oxygen atoms in total. The van der Waals surface area contributed by atoms with Gasteiger partial charge in [0, 0.05) is 0 Å². The van der Waals surface area contributed by atoms with Crippen LogP contribution in [0, 0.1) is 53.8 Å². The Morgan fingerprint density at radius 2 is 1.06 bits per heavy atom. The van der Waals surface area contributed by atoms with E-state index in [1.54, 1.807) is 38.5 Å². The molecule has 0 aliphatic heterocycles. The van der Waals surface area contributed by atoms with Gasteiger partial charge in [0.05, 0.1) is 0 Å². The Kier molecular flexibility index (Phi) is 2.40. The summed E-state index contributed by atoms with van der Waals surface area (Å²) < 4.78 is 0. The average Bonchev–Trinajstić information content (AvgIpc) is 3.05. The van der Waals surface area contributed by atoms with E-state index in [9.17, 15) is 0 Å². The molecule has 4 saturated carbocycles. The molecule has 0 saturated heterocycles. The van der Waals surface area contributed by atoms with Crippen molar-refractivity contribution in [2.24, 2.45) is 47.3 Å². The molecule has 4 fully saturated rings. The van der Waals surface area contributed by atoms with Crippen molar-refractivity contribution in [3.05, 3.63) is 6.42 Å². The summed E-state index contributed by atoms with van der Waals surface area (Å²) in [5.74, 6) is 8.38. The maximum absolute atomic E-state index is 2.88. The minimum absolute atomic E-state index is 1.00. The minimum atomic E-state index is 1.00. The van der Waals surface area contributed by atoms with Gasteiger partial charge in [-0.15, -0.1) is 0 Å². The fourth-order valence-electron chi connectivity index (χ4n) is 6.17. The zero-order chi connectivity index (χ0) is 11.6. The topological polar surface area (TPSA) is 0 Å². The van der Waals surface area contributed by atoms with E-state index in [0.717, 1.165) is 47.3 Å². The molecule has 0 aromatic rings. The van der Waals surface area contributed by atoms with Gasteiger partial charge in [-0.05, 0) is 92.3 Å². The van der Waals surface area contributed by atoms with Crippen molar-refractivity contribution in [2.45, 2.75) is 52.4 Å². The Labute approximate surface area is 107 Å². The normalized spacial score (nSPS) is 60.4. The molecule has 0 amide bonds. The largest absolute Gasteiger partial charge is 0.0620 e. The summed E-state index contributed by atoms with van der Waals surface area (Å²) in [6.45, 7) is 5.09. The molecule has 0 heteroatoms. The Bertz CT molecular complexity index is 273. The predicted molar refractivity (Wildman–Crippen MR) is 71.3 cm³/mol. The van der Waals surface area contributed by atoms with Crippen molar-refractivity contribution in [1.82, 2.24) is 0 Å². The van der Waals surface area contributed by atoms with Crippen LogP contribution >= 0.6 is 0 Å². The fourth-order valence-corrected chi connectivity index (χ4v) is 6.17. The molecule has 0 N–H and O–H groups in total. The number of hydrogen-bond donors (Lipinski definition) is 0. The van der Waals surface area contributed by atoms with Crippen LogP contribution in [-0.2, 0) is 0 Å². The van der Waals surface area contributed by atoms with Crippen LogP contribution in [0.3, 0.4) is 0 Å². The standard InChI is InChI=1S/C17H27/c1-10-12-3-5-14(7-12)16(10)9-17-11(2)13-4-6-15(17)8-13/h9-17H,3-8H2,1-2H3. The van der Waals surface area contributed by atoms with Crippen molar-refractivity contribution >= 4 is 0 Å². The monoisotopic (exact) mass is 231 g/mol. The van der Waals surface area contributed by atoms with Crippen LogP contribution in [0.25, 0.3) is 0 Å². The molecular weight excluding hydrogens is 204 g/mol. The van der Waals surface area contributed by atoms with Gasteiger partial charge >= 0.3 is 0 Å². The molecule has 0 aromatic carbocycles. The van der Waals surface area contributed by atoms with Crippen molar-refractivity contribution < 1.29 is 0 Å². The van der Waals surface area contributed by atoms with Gasteiger partial charge in [-0.25, -0.2) is 0 Å². The molecule has 4 rings (SSSR count). The van der Waals surface area contributed by atoms with Gasteiger partial charge in [0.1, 0.15) is 0 Å². The van der Waals surface area contributed by atoms with Crippen LogP contribution in [0.4, 0.5) is 0 Å². The molecule has 8 unspecified atom stereocenters. The highest BCUT2D eigenvalue weighted by atomic mass is 14.6.